The number of hydrogen-bond acceptors (Lipinski definition) is 2. The van der Waals surface area contributed by atoms with Crippen LogP contribution >= 0.6 is 0 Å². The van der Waals surface area contributed by atoms with E-state index in [1.807, 2.05) is 0 Å². The largest absolute Gasteiger partial charge is 0.459 e. The SMILES string of the molecule is FC(F)(F)c1cccc(N=C2OCc3ccccc3N2c2cccc(C(F)(F)F)c2)c1. The van der Waals surface area contributed by atoms with Gasteiger partial charge in [-0.1, -0.05) is 30.3 Å². The van der Waals surface area contributed by atoms with Crippen molar-refractivity contribution in [3.63, 3.8) is 0 Å². The Morgan fingerprint density at radius 1 is 0.742 bits per heavy atom. The van der Waals surface area contributed by atoms with Gasteiger partial charge in [0.15, 0.2) is 0 Å². The normalized spacial score (nSPS) is 15.5. The number of benzene rings is 3. The topological polar surface area (TPSA) is 24.8 Å². The van der Waals surface area contributed by atoms with E-state index < -0.39 is 23.5 Å². The summed E-state index contributed by atoms with van der Waals surface area (Å²) in [6.45, 7) is 0.0728. The van der Waals surface area contributed by atoms with E-state index in [0.717, 1.165) is 24.3 Å². The van der Waals surface area contributed by atoms with Crippen LogP contribution in [0.2, 0.25) is 0 Å². The van der Waals surface area contributed by atoms with Gasteiger partial charge in [-0.3, -0.25) is 4.90 Å². The van der Waals surface area contributed by atoms with Gasteiger partial charge in [0.05, 0.1) is 28.2 Å². The predicted octanol–water partition coefficient (Wildman–Crippen LogP) is 7.08. The van der Waals surface area contributed by atoms with Crippen molar-refractivity contribution in [2.75, 3.05) is 4.90 Å². The third kappa shape index (κ3) is 4.35. The molecule has 4 rings (SSSR count). The van der Waals surface area contributed by atoms with E-state index >= 15 is 0 Å². The van der Waals surface area contributed by atoms with E-state index in [4.69, 9.17) is 4.74 Å². The van der Waals surface area contributed by atoms with Gasteiger partial charge in [0.25, 0.3) is 0 Å². The molecule has 0 fully saturated rings. The Morgan fingerprint density at radius 3 is 2.10 bits per heavy atom. The van der Waals surface area contributed by atoms with Crippen molar-refractivity contribution in [3.8, 4) is 0 Å². The number of alkyl halides is 6. The number of halogens is 6. The second-order valence-corrected chi connectivity index (χ2v) is 6.74. The minimum absolute atomic E-state index is 0.0406. The molecule has 1 aliphatic heterocycles. The molecule has 0 bridgehead atoms. The van der Waals surface area contributed by atoms with Crippen LogP contribution < -0.4 is 4.90 Å². The monoisotopic (exact) mass is 436 g/mol. The van der Waals surface area contributed by atoms with Crippen LogP contribution in [0.15, 0.2) is 77.8 Å². The van der Waals surface area contributed by atoms with Crippen molar-refractivity contribution in [1.82, 2.24) is 0 Å². The Morgan fingerprint density at radius 2 is 1.39 bits per heavy atom. The van der Waals surface area contributed by atoms with Crippen molar-refractivity contribution >= 4 is 23.1 Å². The van der Waals surface area contributed by atoms with E-state index in [1.54, 1.807) is 24.3 Å². The number of nitrogens with zero attached hydrogens (tertiary/aromatic N) is 2. The zero-order chi connectivity index (χ0) is 22.2. The zero-order valence-electron chi connectivity index (χ0n) is 15.7. The number of amidine groups is 1. The van der Waals surface area contributed by atoms with Gasteiger partial charge in [0.2, 0.25) is 0 Å². The van der Waals surface area contributed by atoms with Crippen LogP contribution in [0.1, 0.15) is 16.7 Å². The lowest BCUT2D eigenvalue weighted by molar-refractivity contribution is -0.138. The average molecular weight is 436 g/mol. The average Bonchev–Trinajstić information content (AvgIpc) is 2.73. The molecular formula is C22H14F6N2O. The molecule has 3 aromatic rings. The highest BCUT2D eigenvalue weighted by Gasteiger charge is 2.33. The summed E-state index contributed by atoms with van der Waals surface area (Å²) in [5, 5.41) is 0. The van der Waals surface area contributed by atoms with Crippen LogP contribution in [0.3, 0.4) is 0 Å². The molecule has 3 aromatic carbocycles. The second kappa shape index (κ2) is 7.64. The van der Waals surface area contributed by atoms with E-state index in [-0.39, 0.29) is 24.0 Å². The standard InChI is InChI=1S/C22H14F6N2O/c23-21(24,25)15-6-3-8-17(11-15)29-20-30(19-10-2-1-5-14(19)13-31-20)18-9-4-7-16(12-18)22(26,27)28/h1-12H,13H2. The minimum Gasteiger partial charge on any atom is -0.459 e. The van der Waals surface area contributed by atoms with Gasteiger partial charge in [0, 0.05) is 5.56 Å². The summed E-state index contributed by atoms with van der Waals surface area (Å²) >= 11 is 0. The summed E-state index contributed by atoms with van der Waals surface area (Å²) in [6.07, 6.45) is -9.12. The van der Waals surface area contributed by atoms with Crippen LogP contribution in [0.4, 0.5) is 43.4 Å². The molecule has 0 spiro atoms. The number of hydrogen-bond donors (Lipinski definition) is 0. The van der Waals surface area contributed by atoms with E-state index in [9.17, 15) is 26.3 Å². The third-order valence-corrected chi connectivity index (χ3v) is 4.61. The predicted molar refractivity (Wildman–Crippen MR) is 103 cm³/mol. The van der Waals surface area contributed by atoms with E-state index in [0.29, 0.717) is 11.3 Å². The Hall–Kier alpha value is -3.49. The van der Waals surface area contributed by atoms with Gasteiger partial charge < -0.3 is 4.74 Å². The summed E-state index contributed by atoms with van der Waals surface area (Å²) in [4.78, 5) is 5.54. The third-order valence-electron chi connectivity index (χ3n) is 4.61. The first kappa shape index (κ1) is 20.8. The van der Waals surface area contributed by atoms with Gasteiger partial charge in [-0.2, -0.15) is 31.3 Å². The molecule has 1 aliphatic rings. The highest BCUT2D eigenvalue weighted by molar-refractivity contribution is 6.02. The van der Waals surface area contributed by atoms with Crippen molar-refractivity contribution in [3.05, 3.63) is 89.5 Å². The minimum atomic E-state index is -4.56. The fourth-order valence-electron chi connectivity index (χ4n) is 3.18. The second-order valence-electron chi connectivity index (χ2n) is 6.74. The molecule has 160 valence electrons. The number of anilines is 2. The number of para-hydroxylation sites is 1. The summed E-state index contributed by atoms with van der Waals surface area (Å²) in [5.74, 6) is 0. The van der Waals surface area contributed by atoms with Crippen LogP contribution in [0.5, 0.6) is 0 Å². The van der Waals surface area contributed by atoms with Gasteiger partial charge in [-0.05, 0) is 42.5 Å². The van der Waals surface area contributed by atoms with Crippen molar-refractivity contribution in [2.24, 2.45) is 4.99 Å². The van der Waals surface area contributed by atoms with E-state index in [2.05, 4.69) is 4.99 Å². The number of ether oxygens (including phenoxy) is 1. The molecule has 9 heteroatoms. The molecule has 0 aliphatic carbocycles. The smallest absolute Gasteiger partial charge is 0.416 e. The number of aliphatic imine (C=N–C) groups is 1. The first-order valence-electron chi connectivity index (χ1n) is 9.07. The molecule has 0 saturated heterocycles. The van der Waals surface area contributed by atoms with Gasteiger partial charge >= 0.3 is 18.4 Å². The maximum absolute atomic E-state index is 13.2. The van der Waals surface area contributed by atoms with Gasteiger partial charge in [0.1, 0.15) is 6.61 Å². The molecule has 0 aromatic heterocycles. The Labute approximate surface area is 173 Å². The van der Waals surface area contributed by atoms with Crippen LogP contribution in [0, 0.1) is 0 Å². The maximum Gasteiger partial charge on any atom is 0.416 e. The van der Waals surface area contributed by atoms with Crippen LogP contribution in [0.25, 0.3) is 0 Å². The first-order valence-corrected chi connectivity index (χ1v) is 9.07. The molecule has 3 nitrogen and oxygen atoms in total. The molecule has 0 radical (unpaired) electrons. The molecule has 0 unspecified atom stereocenters. The Bertz CT molecular complexity index is 1140. The van der Waals surface area contributed by atoms with Gasteiger partial charge in [-0.25, -0.2) is 0 Å². The summed E-state index contributed by atoms with van der Waals surface area (Å²) in [5.41, 5.74) is -0.460. The quantitative estimate of drug-likeness (QED) is 0.401. The highest BCUT2D eigenvalue weighted by atomic mass is 19.4. The summed E-state index contributed by atoms with van der Waals surface area (Å²) < 4.78 is 84.5. The van der Waals surface area contributed by atoms with Crippen LogP contribution in [-0.4, -0.2) is 6.02 Å². The molecular weight excluding hydrogens is 422 g/mol. The number of fused-ring (bicyclic) bond motifs is 1. The number of rotatable bonds is 2. The molecule has 1 heterocycles. The van der Waals surface area contributed by atoms with Crippen LogP contribution in [-0.2, 0) is 23.7 Å². The molecule has 0 saturated carbocycles. The van der Waals surface area contributed by atoms with E-state index in [1.165, 1.54) is 29.2 Å². The van der Waals surface area contributed by atoms with Gasteiger partial charge in [-0.15, -0.1) is 0 Å². The lowest BCUT2D eigenvalue weighted by Crippen LogP contribution is -2.33. The first-order chi connectivity index (χ1) is 14.6. The molecule has 0 N–H and O–H groups in total. The lowest BCUT2D eigenvalue weighted by atomic mass is 10.1. The molecule has 0 atom stereocenters. The lowest BCUT2D eigenvalue weighted by Gasteiger charge is -2.32. The maximum atomic E-state index is 13.2. The summed E-state index contributed by atoms with van der Waals surface area (Å²) in [6, 6.07) is 15.6. The Kier molecular flexibility index (Phi) is 5.12. The Balaban J connectivity index is 1.84. The fraction of sp³-hybridized carbons (Fsp3) is 0.136. The highest BCUT2D eigenvalue weighted by Crippen LogP contribution is 2.38. The fourth-order valence-corrected chi connectivity index (χ4v) is 3.18. The molecule has 31 heavy (non-hydrogen) atoms. The zero-order valence-corrected chi connectivity index (χ0v) is 15.7. The molecule has 0 amide bonds. The van der Waals surface area contributed by atoms with Crippen molar-refractivity contribution < 1.29 is 31.1 Å². The summed E-state index contributed by atoms with van der Waals surface area (Å²) in [7, 11) is 0. The van der Waals surface area contributed by atoms with Crippen molar-refractivity contribution in [2.45, 2.75) is 19.0 Å². The van der Waals surface area contributed by atoms with Crippen molar-refractivity contribution in [1.29, 1.82) is 0 Å².